The van der Waals surface area contributed by atoms with Crippen LogP contribution in [0.1, 0.15) is 335 Å². The standard InChI is InChI=1S/C76H130O6/c1-4-7-10-13-16-19-22-25-28-31-34-36-37-38-39-41-42-45-48-51-54-57-60-63-66-69-75(78)81-72-73(71-80-74(77)68-65-62-59-56-53-50-47-44-33-30-27-24-21-18-15-12-9-6-3)82-76(79)70-67-64-61-58-55-52-49-46-43-40-35-32-29-26-23-20-17-14-11-8-5-2/h8,11,17,20,22,25-26,29-31,33-35,40,46,49,55,58,73H,4-7,9-10,12-16,18-19,21,23-24,27-28,32,36-39,41-45,47-48,50-54,56-57,59-72H2,1-3H3/b11-8-,20-17-,25-22-,29-26-,33-30-,34-31-,40-35-,49-46-,58-55-. The van der Waals surface area contributed by atoms with Gasteiger partial charge in [0.15, 0.2) is 6.10 Å². The van der Waals surface area contributed by atoms with Crippen molar-refractivity contribution in [2.45, 2.75) is 341 Å². The van der Waals surface area contributed by atoms with Crippen molar-refractivity contribution in [1.82, 2.24) is 0 Å². The Balaban J connectivity index is 4.43. The van der Waals surface area contributed by atoms with Gasteiger partial charge in [-0.05, 0) is 128 Å². The highest BCUT2D eigenvalue weighted by atomic mass is 16.6. The normalized spacial score (nSPS) is 12.8. The van der Waals surface area contributed by atoms with Crippen molar-refractivity contribution in [1.29, 1.82) is 0 Å². The second kappa shape index (κ2) is 69.6. The highest BCUT2D eigenvalue weighted by Crippen LogP contribution is 2.16. The van der Waals surface area contributed by atoms with Gasteiger partial charge in [0, 0.05) is 19.3 Å². The van der Waals surface area contributed by atoms with Crippen LogP contribution < -0.4 is 0 Å². The molecule has 1 unspecified atom stereocenters. The molecule has 0 saturated carbocycles. The third-order valence-corrected chi connectivity index (χ3v) is 15.0. The van der Waals surface area contributed by atoms with Gasteiger partial charge in [-0.3, -0.25) is 14.4 Å². The third kappa shape index (κ3) is 66.9. The SMILES string of the molecule is CC/C=C\C/C=C\C/C=C\C/C=C\C/C=C\C/C=C\CCCCC(=O)OC(COC(=O)CCCCCCCCC/C=C\CCCCCCCCC)COC(=O)CCCCCCCCCCCCCCC/C=C\C/C=C\CCCCCCC. The molecule has 0 aliphatic heterocycles. The minimum absolute atomic E-state index is 0.0971. The molecule has 6 heteroatoms. The molecule has 0 bridgehead atoms. The molecule has 0 N–H and O–H groups in total. The van der Waals surface area contributed by atoms with Crippen molar-refractivity contribution in [3.8, 4) is 0 Å². The summed E-state index contributed by atoms with van der Waals surface area (Å²) in [7, 11) is 0. The molecule has 0 aromatic heterocycles. The topological polar surface area (TPSA) is 78.9 Å². The fraction of sp³-hybridized carbons (Fsp3) is 0.724. The molecule has 0 spiro atoms. The largest absolute Gasteiger partial charge is 0.462 e. The minimum atomic E-state index is -0.807. The maximum Gasteiger partial charge on any atom is 0.306 e. The molecule has 6 nitrogen and oxygen atoms in total. The van der Waals surface area contributed by atoms with Crippen LogP contribution in [0.2, 0.25) is 0 Å². The van der Waals surface area contributed by atoms with Crippen LogP contribution >= 0.6 is 0 Å². The summed E-state index contributed by atoms with van der Waals surface area (Å²) >= 11 is 0. The first-order chi connectivity index (χ1) is 40.5. The number of hydrogen-bond acceptors (Lipinski definition) is 6. The quantitative estimate of drug-likeness (QED) is 0.0261. The fourth-order valence-electron chi connectivity index (χ4n) is 9.77. The van der Waals surface area contributed by atoms with Gasteiger partial charge < -0.3 is 14.2 Å². The molecule has 0 amide bonds. The number of unbranched alkanes of at least 4 members (excludes halogenated alkanes) is 34. The van der Waals surface area contributed by atoms with Crippen LogP contribution in [0.5, 0.6) is 0 Å². The average molecular weight is 1140 g/mol. The lowest BCUT2D eigenvalue weighted by molar-refractivity contribution is -0.167. The van der Waals surface area contributed by atoms with Gasteiger partial charge >= 0.3 is 17.9 Å². The lowest BCUT2D eigenvalue weighted by Gasteiger charge is -2.18. The molecular weight excluding hydrogens is 1010 g/mol. The number of carbonyl (C=O) groups excluding carboxylic acids is 3. The van der Waals surface area contributed by atoms with Gasteiger partial charge in [0.25, 0.3) is 0 Å². The van der Waals surface area contributed by atoms with E-state index in [0.29, 0.717) is 19.3 Å². The first kappa shape index (κ1) is 78.1. The highest BCUT2D eigenvalue weighted by Gasteiger charge is 2.19. The first-order valence-corrected chi connectivity index (χ1v) is 34.9. The van der Waals surface area contributed by atoms with E-state index < -0.39 is 6.10 Å². The molecule has 0 aliphatic carbocycles. The van der Waals surface area contributed by atoms with Crippen LogP contribution in [-0.4, -0.2) is 37.2 Å². The fourth-order valence-corrected chi connectivity index (χ4v) is 9.77. The van der Waals surface area contributed by atoms with Gasteiger partial charge in [0.05, 0.1) is 0 Å². The van der Waals surface area contributed by atoms with E-state index in [4.69, 9.17) is 14.2 Å². The molecule has 0 aromatic rings. The second-order valence-corrected chi connectivity index (χ2v) is 23.1. The molecule has 1 atom stereocenters. The second-order valence-electron chi connectivity index (χ2n) is 23.1. The number of rotatable bonds is 63. The Morgan fingerprint density at radius 3 is 0.780 bits per heavy atom. The van der Waals surface area contributed by atoms with E-state index in [9.17, 15) is 14.4 Å². The number of hydrogen-bond donors (Lipinski definition) is 0. The smallest absolute Gasteiger partial charge is 0.306 e. The summed E-state index contributed by atoms with van der Waals surface area (Å²) in [5.74, 6) is -0.934. The summed E-state index contributed by atoms with van der Waals surface area (Å²) in [6, 6.07) is 0. The van der Waals surface area contributed by atoms with Crippen LogP contribution in [0, 0.1) is 0 Å². The molecule has 470 valence electrons. The molecule has 0 heterocycles. The summed E-state index contributed by atoms with van der Waals surface area (Å²) in [6.45, 7) is 6.51. The van der Waals surface area contributed by atoms with Crippen molar-refractivity contribution in [2.24, 2.45) is 0 Å². The molecule has 0 fully saturated rings. The van der Waals surface area contributed by atoms with E-state index in [1.54, 1.807) is 0 Å². The van der Waals surface area contributed by atoms with Crippen molar-refractivity contribution >= 4 is 17.9 Å². The molecule has 0 saturated heterocycles. The molecule has 0 aromatic carbocycles. The Hall–Kier alpha value is -3.93. The zero-order chi connectivity index (χ0) is 59.2. The van der Waals surface area contributed by atoms with Crippen LogP contribution in [0.15, 0.2) is 109 Å². The van der Waals surface area contributed by atoms with Crippen LogP contribution in [-0.2, 0) is 28.6 Å². The maximum atomic E-state index is 12.9. The number of esters is 3. The van der Waals surface area contributed by atoms with Gasteiger partial charge in [-0.15, -0.1) is 0 Å². The number of ether oxygens (including phenoxy) is 3. The summed E-state index contributed by atoms with van der Waals surface area (Å²) < 4.78 is 17.0. The van der Waals surface area contributed by atoms with Gasteiger partial charge in [-0.25, -0.2) is 0 Å². The summed E-state index contributed by atoms with van der Waals surface area (Å²) in [5, 5.41) is 0. The van der Waals surface area contributed by atoms with Crippen LogP contribution in [0.3, 0.4) is 0 Å². The van der Waals surface area contributed by atoms with Crippen molar-refractivity contribution in [3.63, 3.8) is 0 Å². The van der Waals surface area contributed by atoms with Gasteiger partial charge in [0.2, 0.25) is 0 Å². The van der Waals surface area contributed by atoms with Crippen LogP contribution in [0.25, 0.3) is 0 Å². The predicted octanol–water partition coefficient (Wildman–Crippen LogP) is 24.2. The lowest BCUT2D eigenvalue weighted by Crippen LogP contribution is -2.30. The molecule has 0 aliphatic rings. The van der Waals surface area contributed by atoms with Gasteiger partial charge in [0.1, 0.15) is 13.2 Å². The molecular formula is C76H130O6. The Bertz CT molecular complexity index is 1640. The van der Waals surface area contributed by atoms with E-state index in [-0.39, 0.29) is 37.5 Å². The highest BCUT2D eigenvalue weighted by molar-refractivity contribution is 5.71. The maximum absolute atomic E-state index is 12.9. The summed E-state index contributed by atoms with van der Waals surface area (Å²) in [6.07, 6.45) is 95.3. The van der Waals surface area contributed by atoms with Crippen molar-refractivity contribution in [2.75, 3.05) is 13.2 Å². The van der Waals surface area contributed by atoms with Crippen molar-refractivity contribution in [3.05, 3.63) is 109 Å². The number of allylic oxidation sites excluding steroid dienone is 18. The Morgan fingerprint density at radius 2 is 0.476 bits per heavy atom. The summed E-state index contributed by atoms with van der Waals surface area (Å²) in [4.78, 5) is 38.5. The minimum Gasteiger partial charge on any atom is -0.462 e. The Labute approximate surface area is 508 Å². The molecule has 82 heavy (non-hydrogen) atoms. The van der Waals surface area contributed by atoms with E-state index in [1.165, 1.54) is 193 Å². The number of carbonyl (C=O) groups is 3. The van der Waals surface area contributed by atoms with E-state index in [1.807, 2.05) is 0 Å². The molecule has 0 radical (unpaired) electrons. The van der Waals surface area contributed by atoms with E-state index in [2.05, 4.69) is 130 Å². The zero-order valence-corrected chi connectivity index (χ0v) is 54.0. The van der Waals surface area contributed by atoms with Gasteiger partial charge in [-0.1, -0.05) is 297 Å². The molecule has 0 rings (SSSR count). The Kier molecular flexibility index (Phi) is 66.2. The van der Waals surface area contributed by atoms with E-state index >= 15 is 0 Å². The summed E-state index contributed by atoms with van der Waals surface area (Å²) in [5.41, 5.74) is 0. The monoisotopic (exact) mass is 1140 g/mol. The average Bonchev–Trinajstić information content (AvgIpc) is 3.47. The lowest BCUT2D eigenvalue weighted by atomic mass is 10.0. The third-order valence-electron chi connectivity index (χ3n) is 15.0. The predicted molar refractivity (Wildman–Crippen MR) is 357 cm³/mol. The van der Waals surface area contributed by atoms with E-state index in [0.717, 1.165) is 96.3 Å². The van der Waals surface area contributed by atoms with Gasteiger partial charge in [-0.2, -0.15) is 0 Å². The van der Waals surface area contributed by atoms with Crippen molar-refractivity contribution < 1.29 is 28.6 Å². The Morgan fingerprint density at radius 1 is 0.256 bits per heavy atom. The zero-order valence-electron chi connectivity index (χ0n) is 54.0. The van der Waals surface area contributed by atoms with Crippen LogP contribution in [0.4, 0.5) is 0 Å². The first-order valence-electron chi connectivity index (χ1n) is 34.9.